The number of nitrogens with one attached hydrogen (secondary N) is 3. The fourth-order valence-corrected chi connectivity index (χ4v) is 3.93. The van der Waals surface area contributed by atoms with Crippen LogP contribution in [0.25, 0.3) is 0 Å². The van der Waals surface area contributed by atoms with E-state index in [0.717, 1.165) is 17.2 Å². The van der Waals surface area contributed by atoms with Gasteiger partial charge in [0.25, 0.3) is 15.9 Å². The van der Waals surface area contributed by atoms with Gasteiger partial charge in [-0.2, -0.15) is 0 Å². The molecule has 7 nitrogen and oxygen atoms in total. The van der Waals surface area contributed by atoms with Gasteiger partial charge in [0, 0.05) is 11.3 Å². The SMILES string of the molecule is Cc1ccc(NS(=O)(=O)c2ccc(C(=O)NCC(=O)Nc3ccc(F)c(F)c3F)cc2)cc1C. The minimum atomic E-state index is -3.90. The highest BCUT2D eigenvalue weighted by atomic mass is 32.2. The van der Waals surface area contributed by atoms with Gasteiger partial charge in [-0.15, -0.1) is 0 Å². The molecule has 0 saturated carbocycles. The highest BCUT2D eigenvalue weighted by Crippen LogP contribution is 2.20. The Labute approximate surface area is 194 Å². The van der Waals surface area contributed by atoms with Crippen LogP contribution in [0, 0.1) is 31.3 Å². The van der Waals surface area contributed by atoms with Gasteiger partial charge in [-0.3, -0.25) is 14.3 Å². The van der Waals surface area contributed by atoms with E-state index in [0.29, 0.717) is 11.8 Å². The van der Waals surface area contributed by atoms with E-state index in [-0.39, 0.29) is 10.5 Å². The van der Waals surface area contributed by atoms with Gasteiger partial charge in [0.05, 0.1) is 17.1 Å². The highest BCUT2D eigenvalue weighted by Gasteiger charge is 2.17. The number of benzene rings is 3. The molecule has 0 aliphatic carbocycles. The average molecular weight is 491 g/mol. The molecule has 3 N–H and O–H groups in total. The number of hydrogen-bond donors (Lipinski definition) is 3. The second-order valence-electron chi connectivity index (χ2n) is 7.38. The van der Waals surface area contributed by atoms with Crippen molar-refractivity contribution in [1.82, 2.24) is 5.32 Å². The van der Waals surface area contributed by atoms with E-state index in [9.17, 15) is 31.2 Å². The smallest absolute Gasteiger partial charge is 0.261 e. The van der Waals surface area contributed by atoms with Crippen LogP contribution in [0.3, 0.4) is 0 Å². The zero-order chi connectivity index (χ0) is 25.0. The summed E-state index contributed by atoms with van der Waals surface area (Å²) in [6.07, 6.45) is 0. The number of carbonyl (C=O) groups is 2. The first-order valence-electron chi connectivity index (χ1n) is 9.89. The van der Waals surface area contributed by atoms with Crippen LogP contribution in [0.2, 0.25) is 0 Å². The summed E-state index contributed by atoms with van der Waals surface area (Å²) in [5.41, 5.74) is 1.82. The van der Waals surface area contributed by atoms with Gasteiger partial charge < -0.3 is 10.6 Å². The van der Waals surface area contributed by atoms with Crippen LogP contribution in [-0.4, -0.2) is 26.8 Å². The Hall–Kier alpha value is -3.86. The number of aryl methyl sites for hydroxylation is 2. The average Bonchev–Trinajstić information content (AvgIpc) is 2.80. The van der Waals surface area contributed by atoms with Crippen LogP contribution in [0.15, 0.2) is 59.5 Å². The van der Waals surface area contributed by atoms with E-state index in [1.807, 2.05) is 19.2 Å². The number of sulfonamides is 1. The number of amides is 2. The summed E-state index contributed by atoms with van der Waals surface area (Å²) in [6, 6.07) is 11.6. The maximum absolute atomic E-state index is 13.6. The summed E-state index contributed by atoms with van der Waals surface area (Å²) in [5.74, 6) is -6.28. The van der Waals surface area contributed by atoms with E-state index in [4.69, 9.17) is 0 Å². The second-order valence-corrected chi connectivity index (χ2v) is 9.07. The van der Waals surface area contributed by atoms with Gasteiger partial charge >= 0.3 is 0 Å². The third kappa shape index (κ3) is 5.73. The maximum Gasteiger partial charge on any atom is 0.261 e. The summed E-state index contributed by atoms with van der Waals surface area (Å²) >= 11 is 0. The van der Waals surface area contributed by atoms with E-state index in [1.165, 1.54) is 24.3 Å². The normalized spacial score (nSPS) is 11.1. The van der Waals surface area contributed by atoms with Crippen LogP contribution >= 0.6 is 0 Å². The molecule has 0 bridgehead atoms. The number of hydrogen-bond acceptors (Lipinski definition) is 4. The fraction of sp³-hybridized carbons (Fsp3) is 0.130. The zero-order valence-electron chi connectivity index (χ0n) is 18.1. The van der Waals surface area contributed by atoms with Crippen molar-refractivity contribution in [2.75, 3.05) is 16.6 Å². The molecule has 0 aliphatic heterocycles. The van der Waals surface area contributed by atoms with Gasteiger partial charge in [0.15, 0.2) is 17.5 Å². The summed E-state index contributed by atoms with van der Waals surface area (Å²) in [4.78, 5) is 24.1. The van der Waals surface area contributed by atoms with Crippen molar-refractivity contribution in [2.45, 2.75) is 18.7 Å². The monoisotopic (exact) mass is 491 g/mol. The Morgan fingerprint density at radius 3 is 2.18 bits per heavy atom. The van der Waals surface area contributed by atoms with Crippen molar-refractivity contribution >= 4 is 33.2 Å². The van der Waals surface area contributed by atoms with Crippen molar-refractivity contribution in [3.63, 3.8) is 0 Å². The fourth-order valence-electron chi connectivity index (χ4n) is 2.88. The van der Waals surface area contributed by atoms with E-state index >= 15 is 0 Å². The summed E-state index contributed by atoms with van der Waals surface area (Å²) in [5, 5.41) is 4.29. The molecule has 34 heavy (non-hydrogen) atoms. The highest BCUT2D eigenvalue weighted by molar-refractivity contribution is 7.92. The van der Waals surface area contributed by atoms with Gasteiger partial charge in [-0.1, -0.05) is 6.07 Å². The Morgan fingerprint density at radius 1 is 0.853 bits per heavy atom. The summed E-state index contributed by atoms with van der Waals surface area (Å²) < 4.78 is 67.5. The molecule has 11 heteroatoms. The van der Waals surface area contributed by atoms with Crippen LogP contribution in [0.1, 0.15) is 21.5 Å². The standard InChI is InChI=1S/C23H20F3N3O4S/c1-13-3-6-16(11-14(13)2)29-34(32,33)17-7-4-15(5-8-17)23(31)27-12-20(30)28-19-10-9-18(24)21(25)22(19)26/h3-11,29H,12H2,1-2H3,(H,27,31)(H,28,30). The Bertz CT molecular complexity index is 1360. The van der Waals surface area contributed by atoms with E-state index in [2.05, 4.69) is 10.0 Å². The van der Waals surface area contributed by atoms with Crippen LogP contribution in [-0.2, 0) is 14.8 Å². The third-order valence-electron chi connectivity index (χ3n) is 4.90. The Morgan fingerprint density at radius 2 is 1.53 bits per heavy atom. The molecule has 178 valence electrons. The third-order valence-corrected chi connectivity index (χ3v) is 6.30. The molecular formula is C23H20F3N3O4S. The number of halogens is 3. The molecule has 0 fully saturated rings. The number of rotatable bonds is 7. The first kappa shape index (κ1) is 24.8. The zero-order valence-corrected chi connectivity index (χ0v) is 18.9. The molecule has 0 aromatic heterocycles. The Kier molecular flexibility index (Phi) is 7.26. The second kappa shape index (κ2) is 9.96. The van der Waals surface area contributed by atoms with Crippen molar-refractivity contribution in [3.05, 3.63) is 88.7 Å². The van der Waals surface area contributed by atoms with Crippen LogP contribution in [0.5, 0.6) is 0 Å². The largest absolute Gasteiger partial charge is 0.343 e. The molecule has 0 heterocycles. The van der Waals surface area contributed by atoms with Gasteiger partial charge in [0.2, 0.25) is 5.91 Å². The lowest BCUT2D eigenvalue weighted by atomic mass is 10.1. The lowest BCUT2D eigenvalue weighted by Crippen LogP contribution is -2.33. The minimum Gasteiger partial charge on any atom is -0.343 e. The lowest BCUT2D eigenvalue weighted by Gasteiger charge is -2.11. The molecule has 0 spiro atoms. The molecular weight excluding hydrogens is 471 g/mol. The lowest BCUT2D eigenvalue weighted by molar-refractivity contribution is -0.115. The van der Waals surface area contributed by atoms with Crippen LogP contribution in [0.4, 0.5) is 24.5 Å². The molecule has 0 atom stereocenters. The molecule has 0 aliphatic rings. The van der Waals surface area contributed by atoms with Crippen molar-refractivity contribution in [1.29, 1.82) is 0 Å². The van der Waals surface area contributed by atoms with Crippen LogP contribution < -0.4 is 15.4 Å². The maximum atomic E-state index is 13.6. The molecule has 3 aromatic rings. The molecule has 0 unspecified atom stereocenters. The summed E-state index contributed by atoms with van der Waals surface area (Å²) in [6.45, 7) is 3.17. The molecule has 3 aromatic carbocycles. The molecule has 0 saturated heterocycles. The van der Waals surface area contributed by atoms with Gasteiger partial charge in [-0.25, -0.2) is 21.6 Å². The first-order chi connectivity index (χ1) is 16.0. The molecule has 3 rings (SSSR count). The quantitative estimate of drug-likeness (QED) is 0.436. The molecule has 0 radical (unpaired) electrons. The van der Waals surface area contributed by atoms with E-state index in [1.54, 1.807) is 18.2 Å². The first-order valence-corrected chi connectivity index (χ1v) is 11.4. The predicted octanol–water partition coefficient (Wildman–Crippen LogP) is 3.89. The van der Waals surface area contributed by atoms with Crippen molar-refractivity contribution in [3.8, 4) is 0 Å². The van der Waals surface area contributed by atoms with Crippen molar-refractivity contribution < 1.29 is 31.2 Å². The number of carbonyl (C=O) groups excluding carboxylic acids is 2. The molecule has 2 amide bonds. The predicted molar refractivity (Wildman–Crippen MR) is 120 cm³/mol. The minimum absolute atomic E-state index is 0.0666. The summed E-state index contributed by atoms with van der Waals surface area (Å²) in [7, 11) is -3.90. The van der Waals surface area contributed by atoms with Gasteiger partial charge in [0.1, 0.15) is 0 Å². The van der Waals surface area contributed by atoms with E-state index < -0.39 is 51.5 Å². The topological polar surface area (TPSA) is 104 Å². The number of anilines is 2. The van der Waals surface area contributed by atoms with Gasteiger partial charge in [-0.05, 0) is 73.5 Å². The van der Waals surface area contributed by atoms with Crippen molar-refractivity contribution in [2.24, 2.45) is 0 Å². The Balaban J connectivity index is 1.60.